The van der Waals surface area contributed by atoms with Gasteiger partial charge >= 0.3 is 0 Å². The van der Waals surface area contributed by atoms with Crippen LogP contribution in [0.25, 0.3) is 0 Å². The first kappa shape index (κ1) is 15.9. The van der Waals surface area contributed by atoms with Crippen molar-refractivity contribution in [3.63, 3.8) is 0 Å². The summed E-state index contributed by atoms with van der Waals surface area (Å²) in [5, 5.41) is 0. The quantitative estimate of drug-likeness (QED) is 0.835. The van der Waals surface area contributed by atoms with E-state index in [9.17, 15) is 17.6 Å². The number of hydrogen-bond donors (Lipinski definition) is 1. The Kier molecular flexibility index (Phi) is 3.56. The lowest BCUT2D eigenvalue weighted by atomic mass is 9.48. The van der Waals surface area contributed by atoms with Crippen LogP contribution in [0.15, 0.2) is 0 Å². The third kappa shape index (κ3) is 3.15. The lowest BCUT2D eigenvalue weighted by Crippen LogP contribution is -2.55. The second-order valence-corrected chi connectivity index (χ2v) is 10.7. The predicted molar refractivity (Wildman–Crippen MR) is 84.8 cm³/mol. The Balaban J connectivity index is 1.40. The molecule has 0 saturated heterocycles. The summed E-state index contributed by atoms with van der Waals surface area (Å²) < 4.78 is 41.3. The first-order chi connectivity index (χ1) is 10.8. The van der Waals surface area contributed by atoms with E-state index in [1.54, 1.807) is 0 Å². The highest BCUT2D eigenvalue weighted by Crippen LogP contribution is 2.64. The molecule has 23 heavy (non-hydrogen) atoms. The molecular weight excluding hydrogens is 317 g/mol. The molecule has 130 valence electrons. The number of halogens is 1. The van der Waals surface area contributed by atoms with Crippen molar-refractivity contribution in [1.82, 2.24) is 4.72 Å². The number of rotatable bonds is 5. The fraction of sp³-hybridized carbons (Fsp3) is 0.941. The number of nitrogens with one attached hydrogen (secondary N) is 1. The van der Waals surface area contributed by atoms with Crippen LogP contribution in [0.4, 0.5) is 4.39 Å². The van der Waals surface area contributed by atoms with Crippen LogP contribution < -0.4 is 4.72 Å². The molecule has 0 aliphatic heterocycles. The summed E-state index contributed by atoms with van der Waals surface area (Å²) in [5.41, 5.74) is -1.40. The Morgan fingerprint density at radius 3 is 2.30 bits per heavy atom. The molecule has 4 bridgehead atoms. The van der Waals surface area contributed by atoms with Gasteiger partial charge in [0.1, 0.15) is 5.67 Å². The lowest BCUT2D eigenvalue weighted by Gasteiger charge is -2.59. The second-order valence-electron chi connectivity index (χ2n) is 8.89. The molecule has 0 aromatic rings. The number of hydrogen-bond acceptors (Lipinski definition) is 3. The fourth-order valence-electron chi connectivity index (χ4n) is 6.10. The van der Waals surface area contributed by atoms with Gasteiger partial charge in [0.05, 0.1) is 5.75 Å². The Morgan fingerprint density at radius 2 is 1.78 bits per heavy atom. The third-order valence-electron chi connectivity index (χ3n) is 6.60. The van der Waals surface area contributed by atoms with Crippen LogP contribution in [0.1, 0.15) is 64.2 Å². The van der Waals surface area contributed by atoms with Gasteiger partial charge in [-0.05, 0) is 74.5 Å². The van der Waals surface area contributed by atoms with Crippen LogP contribution in [0.3, 0.4) is 0 Å². The van der Waals surface area contributed by atoms with Gasteiger partial charge in [-0.2, -0.15) is 0 Å². The molecule has 1 amide bonds. The van der Waals surface area contributed by atoms with Crippen molar-refractivity contribution < 1.29 is 17.6 Å². The van der Waals surface area contributed by atoms with Crippen LogP contribution in [0, 0.1) is 23.2 Å². The van der Waals surface area contributed by atoms with E-state index < -0.39 is 21.6 Å². The van der Waals surface area contributed by atoms with Crippen LogP contribution in [-0.2, 0) is 14.8 Å². The molecule has 0 spiro atoms. The molecule has 5 fully saturated rings. The zero-order chi connectivity index (χ0) is 16.3. The molecule has 2 unspecified atom stereocenters. The van der Waals surface area contributed by atoms with Crippen molar-refractivity contribution in [3.05, 3.63) is 0 Å². The van der Waals surface area contributed by atoms with Gasteiger partial charge in [0.2, 0.25) is 15.9 Å². The molecule has 0 heterocycles. The van der Waals surface area contributed by atoms with Crippen molar-refractivity contribution in [2.45, 2.75) is 69.9 Å². The fourth-order valence-corrected chi connectivity index (χ4v) is 7.56. The maximum atomic E-state index is 14.9. The highest BCUT2D eigenvalue weighted by molar-refractivity contribution is 7.90. The van der Waals surface area contributed by atoms with Gasteiger partial charge in [-0.15, -0.1) is 0 Å². The number of sulfonamides is 1. The highest BCUT2D eigenvalue weighted by Gasteiger charge is 2.58. The Bertz CT molecular complexity index is 599. The highest BCUT2D eigenvalue weighted by atomic mass is 32.2. The van der Waals surface area contributed by atoms with E-state index >= 15 is 0 Å². The maximum absolute atomic E-state index is 14.9. The standard InChI is InChI=1S/C17H26FNO3S/c18-17-7-13-4-14(8-17)6-16(5-13,11-17)9-15(20)19-23(21,22)10-12-2-1-3-12/h12-14H,1-11H2,(H,19,20). The van der Waals surface area contributed by atoms with E-state index in [0.29, 0.717) is 31.1 Å². The van der Waals surface area contributed by atoms with Gasteiger partial charge in [0.25, 0.3) is 0 Å². The molecule has 5 aliphatic rings. The molecule has 5 saturated carbocycles. The number of alkyl halides is 1. The third-order valence-corrected chi connectivity index (χ3v) is 8.04. The average Bonchev–Trinajstić information content (AvgIpc) is 2.29. The number of carbonyl (C=O) groups is 1. The SMILES string of the molecule is O=C(CC12CC3CC(CC(F)(C3)C1)C2)NS(=O)(=O)CC1CCC1. The molecule has 4 nitrogen and oxygen atoms in total. The topological polar surface area (TPSA) is 63.2 Å². The summed E-state index contributed by atoms with van der Waals surface area (Å²) in [4.78, 5) is 12.3. The minimum absolute atomic E-state index is 0.0596. The molecule has 2 atom stereocenters. The lowest BCUT2D eigenvalue weighted by molar-refractivity contribution is -0.141. The summed E-state index contributed by atoms with van der Waals surface area (Å²) in [6, 6.07) is 0. The van der Waals surface area contributed by atoms with Crippen LogP contribution in [0.2, 0.25) is 0 Å². The molecule has 0 radical (unpaired) electrons. The molecule has 0 aromatic carbocycles. The first-order valence-corrected chi connectivity index (χ1v) is 10.6. The molecular formula is C17H26FNO3S. The Morgan fingerprint density at radius 1 is 1.13 bits per heavy atom. The van der Waals surface area contributed by atoms with Gasteiger partial charge in [0, 0.05) is 6.42 Å². The summed E-state index contributed by atoms with van der Waals surface area (Å²) in [6.45, 7) is 0. The minimum atomic E-state index is -3.53. The first-order valence-electron chi connectivity index (χ1n) is 8.97. The summed E-state index contributed by atoms with van der Waals surface area (Å²) in [5.74, 6) is 0.620. The smallest absolute Gasteiger partial charge is 0.235 e. The van der Waals surface area contributed by atoms with E-state index in [0.717, 1.165) is 38.5 Å². The average molecular weight is 343 g/mol. The van der Waals surface area contributed by atoms with Crippen molar-refractivity contribution >= 4 is 15.9 Å². The van der Waals surface area contributed by atoms with Gasteiger partial charge in [-0.25, -0.2) is 12.8 Å². The minimum Gasteiger partial charge on any atom is -0.274 e. The molecule has 5 rings (SSSR count). The van der Waals surface area contributed by atoms with Crippen molar-refractivity contribution in [3.8, 4) is 0 Å². The monoisotopic (exact) mass is 343 g/mol. The Labute approximate surface area is 137 Å². The zero-order valence-corrected chi connectivity index (χ0v) is 14.3. The molecule has 0 aromatic heterocycles. The summed E-state index contributed by atoms with van der Waals surface area (Å²) in [7, 11) is -3.53. The van der Waals surface area contributed by atoms with Gasteiger partial charge in [0.15, 0.2) is 0 Å². The summed E-state index contributed by atoms with van der Waals surface area (Å²) >= 11 is 0. The van der Waals surface area contributed by atoms with Crippen LogP contribution in [0.5, 0.6) is 0 Å². The number of amides is 1. The van der Waals surface area contributed by atoms with Gasteiger partial charge in [-0.3, -0.25) is 9.52 Å². The number of carbonyl (C=O) groups excluding carboxylic acids is 1. The van der Waals surface area contributed by atoms with Crippen molar-refractivity contribution in [1.29, 1.82) is 0 Å². The molecule has 5 aliphatic carbocycles. The second kappa shape index (κ2) is 5.17. The van der Waals surface area contributed by atoms with E-state index in [4.69, 9.17) is 0 Å². The van der Waals surface area contributed by atoms with E-state index in [2.05, 4.69) is 4.72 Å². The van der Waals surface area contributed by atoms with E-state index in [1.807, 2.05) is 0 Å². The van der Waals surface area contributed by atoms with E-state index in [1.165, 1.54) is 0 Å². The largest absolute Gasteiger partial charge is 0.274 e. The van der Waals surface area contributed by atoms with E-state index in [-0.39, 0.29) is 23.5 Å². The molecule has 6 heteroatoms. The predicted octanol–water partition coefficient (Wildman–Crippen LogP) is 2.93. The Hall–Kier alpha value is -0.650. The van der Waals surface area contributed by atoms with Crippen molar-refractivity contribution in [2.24, 2.45) is 23.2 Å². The van der Waals surface area contributed by atoms with Gasteiger partial charge < -0.3 is 0 Å². The zero-order valence-electron chi connectivity index (χ0n) is 13.5. The normalized spacial score (nSPS) is 42.5. The molecule has 1 N–H and O–H groups in total. The van der Waals surface area contributed by atoms with Gasteiger partial charge in [-0.1, -0.05) is 6.42 Å². The summed E-state index contributed by atoms with van der Waals surface area (Å²) in [6.07, 6.45) is 7.75. The van der Waals surface area contributed by atoms with Crippen LogP contribution >= 0.6 is 0 Å². The van der Waals surface area contributed by atoms with Crippen molar-refractivity contribution in [2.75, 3.05) is 5.75 Å². The maximum Gasteiger partial charge on any atom is 0.235 e. The van der Waals surface area contributed by atoms with Crippen LogP contribution in [-0.4, -0.2) is 25.7 Å².